The average molecular weight is 384 g/mol. The van der Waals surface area contributed by atoms with Crippen LogP contribution in [-0.2, 0) is 15.4 Å². The van der Waals surface area contributed by atoms with E-state index in [-0.39, 0.29) is 16.1 Å². The molecule has 0 aliphatic heterocycles. The molecule has 24 heavy (non-hydrogen) atoms. The Morgan fingerprint density at radius 1 is 1.25 bits per heavy atom. The summed E-state index contributed by atoms with van der Waals surface area (Å²) in [5.74, 6) is -0.0738. The lowest BCUT2D eigenvalue weighted by molar-refractivity contribution is 0.587. The zero-order valence-corrected chi connectivity index (χ0v) is 16.5. The maximum absolute atomic E-state index is 12.6. The minimum absolute atomic E-state index is 0.0362. The van der Waals surface area contributed by atoms with E-state index in [2.05, 4.69) is 25.5 Å². The molecule has 5 nitrogen and oxygen atoms in total. The second-order valence-corrected chi connectivity index (χ2v) is 10.1. The molecule has 0 bridgehead atoms. The summed E-state index contributed by atoms with van der Waals surface area (Å²) in [6.07, 6.45) is 1.85. The number of thioether (sulfide) groups is 1. The third-order valence-corrected chi connectivity index (χ3v) is 7.11. The van der Waals surface area contributed by atoms with Crippen molar-refractivity contribution >= 4 is 44.6 Å². The Hall–Kier alpha value is -1.51. The molecule has 1 aromatic carbocycles. The van der Waals surface area contributed by atoms with Gasteiger partial charge in [-0.3, -0.25) is 10.1 Å². The van der Waals surface area contributed by atoms with Gasteiger partial charge in [-0.25, -0.2) is 8.42 Å². The minimum atomic E-state index is -3.69. The van der Waals surface area contributed by atoms with Crippen LogP contribution in [0.3, 0.4) is 0 Å². The van der Waals surface area contributed by atoms with Gasteiger partial charge in [-0.15, -0.1) is 23.1 Å². The summed E-state index contributed by atoms with van der Waals surface area (Å²) in [6.45, 7) is 6.23. The molecule has 0 fully saturated rings. The van der Waals surface area contributed by atoms with Gasteiger partial charge in [0.05, 0.1) is 19.7 Å². The van der Waals surface area contributed by atoms with E-state index in [1.807, 2.05) is 18.4 Å². The average Bonchev–Trinajstić information content (AvgIpc) is 2.89. The maximum Gasteiger partial charge on any atom is 0.261 e. The van der Waals surface area contributed by atoms with E-state index in [1.54, 1.807) is 18.2 Å². The van der Waals surface area contributed by atoms with Crippen LogP contribution in [0.5, 0.6) is 0 Å². The number of hydrogen-bond donors (Lipinski definition) is 3. The van der Waals surface area contributed by atoms with Crippen LogP contribution in [-0.4, -0.2) is 20.5 Å². The molecular weight excluding hydrogens is 362 g/mol. The minimum Gasteiger partial charge on any atom is -0.383 e. The predicted molar refractivity (Wildman–Crippen MR) is 103 cm³/mol. The quantitative estimate of drug-likeness (QED) is 0.415. The number of anilines is 1. The van der Waals surface area contributed by atoms with Gasteiger partial charge in [0.1, 0.15) is 5.84 Å². The number of hydrogen-bond acceptors (Lipinski definition) is 5. The lowest BCUT2D eigenvalue weighted by Crippen LogP contribution is -2.15. The van der Waals surface area contributed by atoms with Gasteiger partial charge in [-0.05, 0) is 35.4 Å². The van der Waals surface area contributed by atoms with Crippen LogP contribution in [0.1, 0.15) is 31.2 Å². The lowest BCUT2D eigenvalue weighted by Gasteiger charge is -2.19. The summed E-state index contributed by atoms with van der Waals surface area (Å²) in [7, 11) is -3.69. The molecule has 0 saturated carbocycles. The Balaban J connectivity index is 2.33. The highest BCUT2D eigenvalue weighted by Gasteiger charge is 2.20. The van der Waals surface area contributed by atoms with E-state index < -0.39 is 10.0 Å². The van der Waals surface area contributed by atoms with Crippen LogP contribution < -0.4 is 10.5 Å². The smallest absolute Gasteiger partial charge is 0.261 e. The Labute approximate surface area is 151 Å². The van der Waals surface area contributed by atoms with Crippen LogP contribution in [0, 0.1) is 5.41 Å². The summed E-state index contributed by atoms with van der Waals surface area (Å²) in [5, 5.41) is 7.50. The van der Waals surface area contributed by atoms with Crippen LogP contribution in [0.15, 0.2) is 39.4 Å². The summed E-state index contributed by atoms with van der Waals surface area (Å²) < 4.78 is 28.6. The topological polar surface area (TPSA) is 96.0 Å². The third-order valence-electron chi connectivity index (χ3n) is 3.42. The molecule has 0 spiro atoms. The molecule has 1 heterocycles. The Kier molecular flexibility index (Phi) is 5.31. The largest absolute Gasteiger partial charge is 0.383 e. The van der Waals surface area contributed by atoms with Crippen LogP contribution in [0.2, 0.25) is 0 Å². The van der Waals surface area contributed by atoms with Crippen molar-refractivity contribution in [3.05, 3.63) is 40.8 Å². The highest BCUT2D eigenvalue weighted by atomic mass is 32.2. The summed E-state index contributed by atoms with van der Waals surface area (Å²) in [5.41, 5.74) is 6.98. The molecule has 0 saturated heterocycles. The molecule has 0 atom stereocenters. The van der Waals surface area contributed by atoms with Crippen molar-refractivity contribution in [3.8, 4) is 0 Å². The Morgan fingerprint density at radius 3 is 2.29 bits per heavy atom. The summed E-state index contributed by atoms with van der Waals surface area (Å²) >= 11 is 2.71. The van der Waals surface area contributed by atoms with E-state index in [0.29, 0.717) is 10.6 Å². The first-order chi connectivity index (χ1) is 11.0. The maximum atomic E-state index is 12.6. The van der Waals surface area contributed by atoms with Crippen molar-refractivity contribution in [3.63, 3.8) is 0 Å². The molecule has 0 amide bonds. The van der Waals surface area contributed by atoms with Crippen molar-refractivity contribution in [1.29, 1.82) is 5.41 Å². The van der Waals surface area contributed by atoms with Gasteiger partial charge in [0, 0.05) is 0 Å². The molecule has 0 unspecified atom stereocenters. The fourth-order valence-electron chi connectivity index (χ4n) is 2.07. The summed E-state index contributed by atoms with van der Waals surface area (Å²) in [4.78, 5) is 0.748. The molecular formula is C16H21N3O2S3. The number of nitrogens with two attached hydrogens (primary N) is 1. The Morgan fingerprint density at radius 2 is 1.83 bits per heavy atom. The van der Waals surface area contributed by atoms with Crippen molar-refractivity contribution in [1.82, 2.24) is 0 Å². The van der Waals surface area contributed by atoms with E-state index in [1.165, 1.54) is 23.1 Å². The fourth-order valence-corrected chi connectivity index (χ4v) is 4.90. The van der Waals surface area contributed by atoms with Gasteiger partial charge in [-0.1, -0.05) is 32.9 Å². The van der Waals surface area contributed by atoms with Gasteiger partial charge in [0.15, 0.2) is 0 Å². The normalized spacial score (nSPS) is 12.2. The molecule has 130 valence electrons. The molecule has 2 rings (SSSR count). The molecule has 2 aromatic rings. The number of nitrogen functional groups attached to an aromatic ring is 1. The zero-order chi connectivity index (χ0) is 18.1. The standard InChI is InChI=1S/C16H21N3O2S3/c1-16(2,3)10-5-7-11(8-6-10)24(20,21)19-12-9-13(14(17)18)23-15(12)22-4/h5-9,19H,1-4H3,(H3,17,18). The SMILES string of the molecule is CSc1sc(C(=N)N)cc1NS(=O)(=O)c1ccc(C(C)(C)C)cc1. The zero-order valence-electron chi connectivity index (χ0n) is 14.0. The van der Waals surface area contributed by atoms with Crippen molar-refractivity contribution in [2.24, 2.45) is 5.73 Å². The van der Waals surface area contributed by atoms with Crippen LogP contribution in [0.25, 0.3) is 0 Å². The van der Waals surface area contributed by atoms with Crippen LogP contribution in [0.4, 0.5) is 5.69 Å². The van der Waals surface area contributed by atoms with Gasteiger partial charge in [0.25, 0.3) is 10.0 Å². The molecule has 0 aliphatic rings. The number of sulfonamides is 1. The third kappa shape index (κ3) is 4.12. The van der Waals surface area contributed by atoms with E-state index >= 15 is 0 Å². The molecule has 8 heteroatoms. The van der Waals surface area contributed by atoms with Crippen molar-refractivity contribution in [2.45, 2.75) is 35.3 Å². The summed E-state index contributed by atoms with van der Waals surface area (Å²) in [6, 6.07) is 8.48. The van der Waals surface area contributed by atoms with Crippen molar-refractivity contribution in [2.75, 3.05) is 11.0 Å². The highest BCUT2D eigenvalue weighted by Crippen LogP contribution is 2.36. The number of benzene rings is 1. The Bertz CT molecular complexity index is 848. The number of rotatable bonds is 5. The molecule has 0 radical (unpaired) electrons. The molecule has 1 aromatic heterocycles. The first-order valence-corrected chi connectivity index (χ1v) is 10.7. The van der Waals surface area contributed by atoms with E-state index in [0.717, 1.165) is 9.77 Å². The second kappa shape index (κ2) is 6.78. The van der Waals surface area contributed by atoms with E-state index in [9.17, 15) is 8.42 Å². The number of amidine groups is 1. The van der Waals surface area contributed by atoms with E-state index in [4.69, 9.17) is 11.1 Å². The van der Waals surface area contributed by atoms with Crippen molar-refractivity contribution < 1.29 is 8.42 Å². The number of thiophene rings is 1. The first kappa shape index (κ1) is 18.8. The van der Waals surface area contributed by atoms with Crippen LogP contribution >= 0.6 is 23.1 Å². The van der Waals surface area contributed by atoms with Gasteiger partial charge >= 0.3 is 0 Å². The van der Waals surface area contributed by atoms with Gasteiger partial charge in [0.2, 0.25) is 0 Å². The molecule has 0 aliphatic carbocycles. The van der Waals surface area contributed by atoms with Gasteiger partial charge < -0.3 is 5.73 Å². The monoisotopic (exact) mass is 383 g/mol. The number of nitrogens with one attached hydrogen (secondary N) is 2. The molecule has 4 N–H and O–H groups in total. The first-order valence-electron chi connectivity index (χ1n) is 7.20. The lowest BCUT2D eigenvalue weighted by atomic mass is 9.87. The fraction of sp³-hybridized carbons (Fsp3) is 0.312. The highest BCUT2D eigenvalue weighted by molar-refractivity contribution is 8.00. The van der Waals surface area contributed by atoms with Gasteiger partial charge in [-0.2, -0.15) is 0 Å². The predicted octanol–water partition coefficient (Wildman–Crippen LogP) is 3.85. The second-order valence-electron chi connectivity index (χ2n) is 6.31.